The molecule has 7 heteroatoms. The molecule has 2 amide bonds. The van der Waals surface area contributed by atoms with Crippen LogP contribution in [0.4, 0.5) is 4.79 Å². The Balaban J connectivity index is 1.51. The van der Waals surface area contributed by atoms with Gasteiger partial charge in [0.2, 0.25) is 0 Å². The summed E-state index contributed by atoms with van der Waals surface area (Å²) in [5, 5.41) is 10.3. The molecule has 0 spiro atoms. The molecular weight excluding hydrogens is 374 g/mol. The maximum Gasteiger partial charge on any atom is 0.417 e. The third kappa shape index (κ3) is 6.13. The fourth-order valence-corrected chi connectivity index (χ4v) is 3.47. The number of aliphatic hydroxyl groups excluding tert-OH is 1. The number of benzene rings is 1. The zero-order valence-electron chi connectivity index (χ0n) is 16.8. The molecule has 7 nitrogen and oxygen atoms in total. The molecule has 0 bridgehead atoms. The summed E-state index contributed by atoms with van der Waals surface area (Å²) in [5.74, 6) is -0.631. The Morgan fingerprint density at radius 3 is 2.86 bits per heavy atom. The molecule has 3 atom stereocenters. The van der Waals surface area contributed by atoms with Crippen LogP contribution in [-0.2, 0) is 25.4 Å². The molecule has 2 fully saturated rings. The molecule has 3 rings (SSSR count). The second kappa shape index (κ2) is 10.5. The predicted molar refractivity (Wildman–Crippen MR) is 106 cm³/mol. The van der Waals surface area contributed by atoms with Crippen molar-refractivity contribution in [2.45, 2.75) is 57.5 Å². The van der Waals surface area contributed by atoms with Gasteiger partial charge in [0.1, 0.15) is 12.7 Å². The van der Waals surface area contributed by atoms with Gasteiger partial charge in [-0.15, -0.1) is 0 Å². The van der Waals surface area contributed by atoms with Crippen molar-refractivity contribution in [1.29, 1.82) is 0 Å². The van der Waals surface area contributed by atoms with Crippen molar-refractivity contribution in [2.75, 3.05) is 19.8 Å². The van der Waals surface area contributed by atoms with Gasteiger partial charge < -0.3 is 19.3 Å². The molecular formula is C22H29NO6. The van der Waals surface area contributed by atoms with Crippen LogP contribution in [0.3, 0.4) is 0 Å². The maximum absolute atomic E-state index is 12.7. The van der Waals surface area contributed by atoms with E-state index in [9.17, 15) is 14.7 Å². The van der Waals surface area contributed by atoms with Gasteiger partial charge in [0.05, 0.1) is 12.6 Å². The Labute approximate surface area is 171 Å². The lowest BCUT2D eigenvalue weighted by atomic mass is 10.0. The summed E-state index contributed by atoms with van der Waals surface area (Å²) in [6, 6.07) is 9.17. The summed E-state index contributed by atoms with van der Waals surface area (Å²) < 4.78 is 16.3. The fraction of sp³-hybridized carbons (Fsp3) is 0.545. The van der Waals surface area contributed by atoms with Crippen LogP contribution >= 0.6 is 0 Å². The third-order valence-electron chi connectivity index (χ3n) is 5.12. The van der Waals surface area contributed by atoms with Gasteiger partial charge in [0.15, 0.2) is 6.29 Å². The van der Waals surface area contributed by atoms with Crippen LogP contribution in [0.25, 0.3) is 0 Å². The molecule has 2 heterocycles. The Morgan fingerprint density at radius 1 is 1.34 bits per heavy atom. The van der Waals surface area contributed by atoms with E-state index in [-0.39, 0.29) is 19.3 Å². The fourth-order valence-electron chi connectivity index (χ4n) is 3.47. The lowest BCUT2D eigenvalue weighted by Crippen LogP contribution is -2.45. The number of amides is 2. The maximum atomic E-state index is 12.7. The van der Waals surface area contributed by atoms with E-state index >= 15 is 0 Å². The molecule has 2 saturated heterocycles. The molecule has 1 N–H and O–H groups in total. The quantitative estimate of drug-likeness (QED) is 0.672. The average Bonchev–Trinajstić information content (AvgIpc) is 3.11. The van der Waals surface area contributed by atoms with E-state index in [1.165, 1.54) is 0 Å². The molecule has 1 aromatic carbocycles. The first kappa shape index (κ1) is 21.5. The highest BCUT2D eigenvalue weighted by Gasteiger charge is 2.40. The number of hydrogen-bond donors (Lipinski definition) is 1. The highest BCUT2D eigenvalue weighted by molar-refractivity contribution is 5.95. The van der Waals surface area contributed by atoms with Crippen molar-refractivity contribution in [3.05, 3.63) is 47.5 Å². The summed E-state index contributed by atoms with van der Waals surface area (Å²) in [6.45, 7) is 3.11. The topological polar surface area (TPSA) is 85.3 Å². The van der Waals surface area contributed by atoms with E-state index in [1.807, 2.05) is 37.3 Å². The highest BCUT2D eigenvalue weighted by atomic mass is 16.7. The van der Waals surface area contributed by atoms with Gasteiger partial charge in [0.25, 0.3) is 5.91 Å². The Hall–Kier alpha value is -2.22. The van der Waals surface area contributed by atoms with Crippen molar-refractivity contribution >= 4 is 12.0 Å². The van der Waals surface area contributed by atoms with E-state index in [4.69, 9.17) is 14.2 Å². The lowest BCUT2D eigenvalue weighted by Gasteiger charge is -2.23. The van der Waals surface area contributed by atoms with Crippen LogP contribution in [0.5, 0.6) is 0 Å². The Morgan fingerprint density at radius 2 is 2.14 bits per heavy atom. The molecule has 1 aromatic rings. The third-order valence-corrected chi connectivity index (χ3v) is 5.12. The summed E-state index contributed by atoms with van der Waals surface area (Å²) in [4.78, 5) is 25.8. The number of cyclic esters (lactones) is 1. The molecule has 0 radical (unpaired) electrons. The minimum atomic E-state index is -1.31. The van der Waals surface area contributed by atoms with Gasteiger partial charge >= 0.3 is 6.09 Å². The monoisotopic (exact) mass is 403 g/mol. The number of nitrogens with zero attached hydrogens (tertiary/aromatic N) is 1. The van der Waals surface area contributed by atoms with Crippen molar-refractivity contribution in [2.24, 2.45) is 0 Å². The van der Waals surface area contributed by atoms with Gasteiger partial charge in [-0.3, -0.25) is 4.79 Å². The summed E-state index contributed by atoms with van der Waals surface area (Å²) in [7, 11) is 0. The van der Waals surface area contributed by atoms with Crippen LogP contribution in [0.2, 0.25) is 0 Å². The SMILES string of the molecule is C/C(=C/C[C@H](O)C(=O)N1C(=O)OC[C@@H]1Cc1ccccc1)COC1CCCCO1. The van der Waals surface area contributed by atoms with Gasteiger partial charge in [-0.1, -0.05) is 42.0 Å². The number of aliphatic hydroxyl groups is 1. The predicted octanol–water partition coefficient (Wildman–Crippen LogP) is 2.82. The lowest BCUT2D eigenvalue weighted by molar-refractivity contribution is -0.156. The number of carbonyl (C=O) groups excluding carboxylic acids is 2. The van der Waals surface area contributed by atoms with E-state index in [2.05, 4.69) is 0 Å². The smallest absolute Gasteiger partial charge is 0.417 e. The molecule has 2 aliphatic heterocycles. The van der Waals surface area contributed by atoms with Crippen LogP contribution in [0.1, 0.15) is 38.2 Å². The molecule has 29 heavy (non-hydrogen) atoms. The molecule has 1 unspecified atom stereocenters. The van der Waals surface area contributed by atoms with Crippen molar-refractivity contribution in [3.8, 4) is 0 Å². The minimum absolute atomic E-state index is 0.112. The minimum Gasteiger partial charge on any atom is -0.447 e. The molecule has 0 saturated carbocycles. The average molecular weight is 403 g/mol. The second-order valence-electron chi connectivity index (χ2n) is 7.54. The first-order chi connectivity index (χ1) is 14.0. The Kier molecular flexibility index (Phi) is 7.80. The van der Waals surface area contributed by atoms with Crippen LogP contribution in [0, 0.1) is 0 Å². The first-order valence-corrected chi connectivity index (χ1v) is 10.1. The standard InChI is InChI=1S/C22H29NO6/c1-16(14-28-20-9-5-6-12-27-20)10-11-19(24)21(25)23-18(15-29-22(23)26)13-17-7-3-2-4-8-17/h2-4,7-8,10,18-20,24H,5-6,9,11-15H2,1H3/b16-10-/t18-,19-,20?/m0/s1. The van der Waals surface area contributed by atoms with Crippen molar-refractivity contribution in [1.82, 2.24) is 4.90 Å². The van der Waals surface area contributed by atoms with E-state index in [0.717, 1.165) is 41.9 Å². The number of imide groups is 1. The summed E-state index contributed by atoms with van der Waals surface area (Å²) in [6.07, 6.45) is 3.22. The van der Waals surface area contributed by atoms with Crippen molar-refractivity contribution in [3.63, 3.8) is 0 Å². The van der Waals surface area contributed by atoms with Gasteiger partial charge in [0, 0.05) is 13.0 Å². The van der Waals surface area contributed by atoms with Gasteiger partial charge in [-0.2, -0.15) is 0 Å². The number of hydrogen-bond acceptors (Lipinski definition) is 6. The second-order valence-corrected chi connectivity index (χ2v) is 7.54. The van der Waals surface area contributed by atoms with Gasteiger partial charge in [-0.25, -0.2) is 9.69 Å². The summed E-state index contributed by atoms with van der Waals surface area (Å²) in [5.41, 5.74) is 1.90. The largest absolute Gasteiger partial charge is 0.447 e. The number of ether oxygens (including phenoxy) is 3. The van der Waals surface area contributed by atoms with Crippen LogP contribution in [-0.4, -0.2) is 60.3 Å². The van der Waals surface area contributed by atoms with E-state index in [0.29, 0.717) is 13.0 Å². The number of carbonyl (C=O) groups is 2. The highest BCUT2D eigenvalue weighted by Crippen LogP contribution is 2.20. The molecule has 0 aromatic heterocycles. The van der Waals surface area contributed by atoms with E-state index < -0.39 is 24.1 Å². The van der Waals surface area contributed by atoms with Crippen LogP contribution in [0.15, 0.2) is 42.0 Å². The summed E-state index contributed by atoms with van der Waals surface area (Å²) >= 11 is 0. The number of rotatable bonds is 8. The van der Waals surface area contributed by atoms with Crippen molar-refractivity contribution < 1.29 is 28.9 Å². The zero-order valence-corrected chi connectivity index (χ0v) is 16.8. The zero-order chi connectivity index (χ0) is 20.6. The van der Waals surface area contributed by atoms with Crippen LogP contribution < -0.4 is 0 Å². The Bertz CT molecular complexity index is 713. The van der Waals surface area contributed by atoms with Gasteiger partial charge in [-0.05, 0) is 38.2 Å². The molecule has 0 aliphatic carbocycles. The molecule has 2 aliphatic rings. The van der Waals surface area contributed by atoms with E-state index in [1.54, 1.807) is 6.08 Å². The normalized spacial score (nSPS) is 23.7. The first-order valence-electron chi connectivity index (χ1n) is 10.1. The molecule has 158 valence electrons.